The number of esters is 1. The number of aliphatic hydroxyl groups excluding tert-OH is 1. The van der Waals surface area contributed by atoms with Crippen molar-refractivity contribution < 1.29 is 19.4 Å². The summed E-state index contributed by atoms with van der Waals surface area (Å²) in [6, 6.07) is 1.87. The van der Waals surface area contributed by atoms with Crippen LogP contribution in [0.25, 0.3) is 0 Å². The summed E-state index contributed by atoms with van der Waals surface area (Å²) in [7, 11) is 0. The number of nitriles is 1. The van der Waals surface area contributed by atoms with Crippen molar-refractivity contribution in [1.82, 2.24) is 0 Å². The number of Topliss-reactive ketones (excluding diaryl/α,β-unsaturated/α-hetero) is 1. The molecule has 1 N–H and O–H groups in total. The van der Waals surface area contributed by atoms with E-state index in [1.807, 2.05) is 6.07 Å². The summed E-state index contributed by atoms with van der Waals surface area (Å²) in [5.41, 5.74) is -0.331. The van der Waals surface area contributed by atoms with Gasteiger partial charge in [0.2, 0.25) is 0 Å². The van der Waals surface area contributed by atoms with E-state index in [-0.39, 0.29) is 41.3 Å². The van der Waals surface area contributed by atoms with Crippen LogP contribution in [0.4, 0.5) is 0 Å². The van der Waals surface area contributed by atoms with Crippen LogP contribution < -0.4 is 0 Å². The van der Waals surface area contributed by atoms with Crippen LogP contribution in [0.15, 0.2) is 0 Å². The molecule has 5 nitrogen and oxygen atoms in total. The third-order valence-corrected chi connectivity index (χ3v) is 8.88. The second-order valence-electron chi connectivity index (χ2n) is 10.0. The number of carbonyl (C=O) groups is 2. The van der Waals surface area contributed by atoms with E-state index in [9.17, 15) is 14.7 Å². The number of carbonyl (C=O) groups excluding carboxylic acids is 2. The summed E-state index contributed by atoms with van der Waals surface area (Å²) in [6.45, 7) is 4.18. The lowest BCUT2D eigenvalue weighted by Gasteiger charge is -2.59. The maximum Gasteiger partial charge on any atom is 0.310 e. The van der Waals surface area contributed by atoms with Gasteiger partial charge in [0.25, 0.3) is 0 Å². The molecule has 4 rings (SSSR count). The Morgan fingerprint density at radius 1 is 1.22 bits per heavy atom. The zero-order chi connectivity index (χ0) is 19.4. The van der Waals surface area contributed by atoms with Crippen molar-refractivity contribution in [2.45, 2.75) is 71.3 Å². The minimum Gasteiger partial charge on any atom is -0.450 e. The third kappa shape index (κ3) is 2.75. The van der Waals surface area contributed by atoms with E-state index in [2.05, 4.69) is 13.8 Å². The van der Waals surface area contributed by atoms with E-state index < -0.39 is 0 Å². The lowest BCUT2D eigenvalue weighted by Crippen LogP contribution is -2.58. The summed E-state index contributed by atoms with van der Waals surface area (Å²) in [5.74, 6) is 1.01. The van der Waals surface area contributed by atoms with Crippen molar-refractivity contribution >= 4 is 11.8 Å². The van der Waals surface area contributed by atoms with Crippen LogP contribution in [-0.4, -0.2) is 29.6 Å². The Labute approximate surface area is 161 Å². The van der Waals surface area contributed by atoms with Gasteiger partial charge in [-0.1, -0.05) is 13.8 Å². The Bertz CT molecular complexity index is 684. The summed E-state index contributed by atoms with van der Waals surface area (Å²) >= 11 is 0. The maximum atomic E-state index is 13.4. The van der Waals surface area contributed by atoms with Crippen LogP contribution in [0.3, 0.4) is 0 Å². The predicted octanol–water partition coefficient (Wildman–Crippen LogP) is 3.25. The molecule has 0 spiro atoms. The monoisotopic (exact) mass is 373 g/mol. The first-order valence-electron chi connectivity index (χ1n) is 10.6. The van der Waals surface area contributed by atoms with Gasteiger partial charge in [0.05, 0.1) is 12.0 Å². The molecule has 4 saturated carbocycles. The van der Waals surface area contributed by atoms with Gasteiger partial charge in [0.1, 0.15) is 11.9 Å². The molecule has 0 unspecified atom stereocenters. The van der Waals surface area contributed by atoms with Crippen molar-refractivity contribution in [3.8, 4) is 6.07 Å². The Morgan fingerprint density at radius 3 is 2.74 bits per heavy atom. The van der Waals surface area contributed by atoms with Crippen LogP contribution in [-0.2, 0) is 14.3 Å². The predicted molar refractivity (Wildman–Crippen MR) is 98.2 cm³/mol. The second-order valence-corrected chi connectivity index (χ2v) is 10.0. The summed E-state index contributed by atoms with van der Waals surface area (Å²) < 4.78 is 5.14. The lowest BCUT2D eigenvalue weighted by atomic mass is 9.44. The van der Waals surface area contributed by atoms with Gasteiger partial charge in [-0.2, -0.15) is 5.26 Å². The molecule has 27 heavy (non-hydrogen) atoms. The number of nitrogens with zero attached hydrogens (tertiary/aromatic N) is 1. The minimum absolute atomic E-state index is 0.0000358. The zero-order valence-electron chi connectivity index (χ0n) is 16.4. The largest absolute Gasteiger partial charge is 0.450 e. The topological polar surface area (TPSA) is 87.4 Å². The molecule has 0 radical (unpaired) electrons. The molecule has 0 aromatic rings. The van der Waals surface area contributed by atoms with Crippen LogP contribution in [0, 0.1) is 51.8 Å². The second kappa shape index (κ2) is 6.58. The Morgan fingerprint density at radius 2 is 2.00 bits per heavy atom. The molecule has 0 bridgehead atoms. The fourth-order valence-electron chi connectivity index (χ4n) is 7.64. The van der Waals surface area contributed by atoms with Gasteiger partial charge in [0.15, 0.2) is 6.61 Å². The third-order valence-electron chi connectivity index (χ3n) is 8.88. The SMILES string of the molecule is C[C@]12CC[C@@H](O)C[C@@H]1CC[C@H]1[C@@H]3CC[C@H](C(=O)OCC#N)[C@@]3(C)CC(=O)[C@@H]12. The van der Waals surface area contributed by atoms with Crippen molar-refractivity contribution in [2.24, 2.45) is 40.4 Å². The molecule has 4 aliphatic carbocycles. The number of ether oxygens (including phenoxy) is 1. The number of hydrogen-bond donors (Lipinski definition) is 1. The zero-order valence-corrected chi connectivity index (χ0v) is 16.4. The molecular weight excluding hydrogens is 342 g/mol. The molecule has 0 aliphatic heterocycles. The highest BCUT2D eigenvalue weighted by atomic mass is 16.5. The van der Waals surface area contributed by atoms with Gasteiger partial charge in [-0.15, -0.1) is 0 Å². The molecule has 0 heterocycles. The van der Waals surface area contributed by atoms with Crippen molar-refractivity contribution in [3.63, 3.8) is 0 Å². The maximum absolute atomic E-state index is 13.4. The average Bonchev–Trinajstić information content (AvgIpc) is 2.96. The fraction of sp³-hybridized carbons (Fsp3) is 0.864. The van der Waals surface area contributed by atoms with Gasteiger partial charge in [-0.25, -0.2) is 0 Å². The highest BCUT2D eigenvalue weighted by molar-refractivity contribution is 5.86. The van der Waals surface area contributed by atoms with Crippen LogP contribution in [0.2, 0.25) is 0 Å². The fourth-order valence-corrected chi connectivity index (χ4v) is 7.64. The van der Waals surface area contributed by atoms with E-state index in [1.54, 1.807) is 0 Å². The van der Waals surface area contributed by atoms with Crippen molar-refractivity contribution in [3.05, 3.63) is 0 Å². The number of hydrogen-bond acceptors (Lipinski definition) is 5. The van der Waals surface area contributed by atoms with E-state index in [0.29, 0.717) is 30.0 Å². The molecule has 4 aliphatic rings. The first kappa shape index (κ1) is 18.9. The first-order valence-corrected chi connectivity index (χ1v) is 10.6. The summed E-state index contributed by atoms with van der Waals surface area (Å²) in [5, 5.41) is 18.8. The molecule has 4 fully saturated rings. The Kier molecular flexibility index (Phi) is 4.62. The van der Waals surface area contributed by atoms with Gasteiger partial charge in [-0.3, -0.25) is 9.59 Å². The van der Waals surface area contributed by atoms with Gasteiger partial charge >= 0.3 is 5.97 Å². The molecule has 5 heteroatoms. The smallest absolute Gasteiger partial charge is 0.310 e. The molecule has 0 amide bonds. The first-order chi connectivity index (χ1) is 12.8. The number of rotatable bonds is 2. The quantitative estimate of drug-likeness (QED) is 0.751. The molecule has 0 aromatic heterocycles. The van der Waals surface area contributed by atoms with Crippen LogP contribution >= 0.6 is 0 Å². The molecule has 0 saturated heterocycles. The molecule has 0 aromatic carbocycles. The van der Waals surface area contributed by atoms with Crippen molar-refractivity contribution in [1.29, 1.82) is 5.26 Å². The number of aliphatic hydroxyl groups is 1. The highest BCUT2D eigenvalue weighted by Gasteiger charge is 2.64. The Balaban J connectivity index is 1.61. The minimum atomic E-state index is -0.331. The number of ketones is 1. The van der Waals surface area contributed by atoms with Gasteiger partial charge in [0, 0.05) is 12.3 Å². The van der Waals surface area contributed by atoms with E-state index in [0.717, 1.165) is 44.9 Å². The molecule has 148 valence electrons. The lowest BCUT2D eigenvalue weighted by molar-refractivity contribution is -0.167. The number of fused-ring (bicyclic) bond motifs is 5. The molecule has 8 atom stereocenters. The Hall–Kier alpha value is -1.41. The van der Waals surface area contributed by atoms with E-state index >= 15 is 0 Å². The van der Waals surface area contributed by atoms with Crippen LogP contribution in [0.5, 0.6) is 0 Å². The highest BCUT2D eigenvalue weighted by Crippen LogP contribution is 2.66. The summed E-state index contributed by atoms with van der Waals surface area (Å²) in [6.07, 6.45) is 6.66. The normalized spacial score (nSPS) is 48.7. The molecular formula is C22H31NO4. The summed E-state index contributed by atoms with van der Waals surface area (Å²) in [4.78, 5) is 26.0. The van der Waals surface area contributed by atoms with Crippen molar-refractivity contribution in [2.75, 3.05) is 6.61 Å². The van der Waals surface area contributed by atoms with Gasteiger partial charge < -0.3 is 9.84 Å². The average molecular weight is 373 g/mol. The standard InChI is InChI=1S/C22H31NO4/c1-21-8-7-14(24)11-13(21)3-4-15-16-5-6-17(20(26)27-10-9-23)22(16,2)12-18(25)19(15)21/h13-17,19,24H,3-8,10-12H2,1-2H3/t13-,14+,15-,16-,17+,19+,21-,22-/m0/s1. The van der Waals surface area contributed by atoms with Crippen LogP contribution in [0.1, 0.15) is 65.2 Å². The van der Waals surface area contributed by atoms with Gasteiger partial charge in [-0.05, 0) is 73.5 Å². The van der Waals surface area contributed by atoms with E-state index in [4.69, 9.17) is 10.00 Å². The van der Waals surface area contributed by atoms with E-state index in [1.165, 1.54) is 0 Å².